The van der Waals surface area contributed by atoms with Gasteiger partial charge in [-0.05, 0) is 43.7 Å². The molecule has 0 bridgehead atoms. The fraction of sp³-hybridized carbons (Fsp3) is 0.438. The van der Waals surface area contributed by atoms with Crippen LogP contribution in [0.4, 0.5) is 5.82 Å². The number of halogens is 1. The first-order chi connectivity index (χ1) is 10.1. The van der Waals surface area contributed by atoms with Gasteiger partial charge in [-0.2, -0.15) is 0 Å². The number of nitrogens with zero attached hydrogens (tertiary/aromatic N) is 2. The molecule has 0 aliphatic rings. The number of rotatable bonds is 7. The van der Waals surface area contributed by atoms with Crippen molar-refractivity contribution < 1.29 is 4.42 Å². The third-order valence-corrected chi connectivity index (χ3v) is 3.58. The Hall–Kier alpha value is -1.52. The van der Waals surface area contributed by atoms with Gasteiger partial charge in [0.2, 0.25) is 0 Å². The number of aryl methyl sites for hydroxylation is 1. The molecule has 0 aliphatic carbocycles. The predicted molar refractivity (Wildman–Crippen MR) is 86.8 cm³/mol. The summed E-state index contributed by atoms with van der Waals surface area (Å²) in [5.41, 5.74) is 1.07. The van der Waals surface area contributed by atoms with Gasteiger partial charge in [-0.25, -0.2) is 4.98 Å². The highest BCUT2D eigenvalue weighted by molar-refractivity contribution is 6.31. The highest BCUT2D eigenvalue weighted by atomic mass is 35.5. The van der Waals surface area contributed by atoms with E-state index in [1.807, 2.05) is 32.2 Å². The van der Waals surface area contributed by atoms with Crippen molar-refractivity contribution in [3.05, 3.63) is 46.5 Å². The second kappa shape index (κ2) is 7.48. The predicted octanol–water partition coefficient (Wildman–Crippen LogP) is 3.77. The molecule has 0 spiro atoms. The average Bonchev–Trinajstić information content (AvgIpc) is 2.86. The molecule has 0 saturated heterocycles. The lowest BCUT2D eigenvalue weighted by Gasteiger charge is -2.18. The van der Waals surface area contributed by atoms with Gasteiger partial charge in [0.05, 0.1) is 11.6 Å². The van der Waals surface area contributed by atoms with Crippen molar-refractivity contribution >= 4 is 17.4 Å². The molecule has 0 radical (unpaired) electrons. The summed E-state index contributed by atoms with van der Waals surface area (Å²) in [7, 11) is 2.00. The van der Waals surface area contributed by atoms with Crippen LogP contribution in [0.5, 0.6) is 0 Å². The standard InChI is InChI=1S/C16H22ClN3O/c1-4-7-18-9-13-8-16(19-10-15(13)17)20(3)11-14-6-5-12(2)21-14/h5-6,8,10,18H,4,7,9,11H2,1-3H3. The van der Waals surface area contributed by atoms with E-state index < -0.39 is 0 Å². The fourth-order valence-electron chi connectivity index (χ4n) is 2.10. The average molecular weight is 308 g/mol. The Labute approximate surface area is 131 Å². The number of nitrogens with one attached hydrogen (secondary N) is 1. The quantitative estimate of drug-likeness (QED) is 0.791. The minimum atomic E-state index is 0.685. The highest BCUT2D eigenvalue weighted by Crippen LogP contribution is 2.21. The highest BCUT2D eigenvalue weighted by Gasteiger charge is 2.09. The first-order valence-corrected chi connectivity index (χ1v) is 7.59. The molecule has 0 saturated carbocycles. The van der Waals surface area contributed by atoms with Crippen LogP contribution >= 0.6 is 11.6 Å². The summed E-state index contributed by atoms with van der Waals surface area (Å²) in [6.45, 7) is 6.52. The van der Waals surface area contributed by atoms with E-state index >= 15 is 0 Å². The molecule has 4 nitrogen and oxygen atoms in total. The minimum absolute atomic E-state index is 0.685. The Kier molecular flexibility index (Phi) is 5.65. The number of aromatic nitrogens is 1. The molecule has 2 heterocycles. The molecule has 0 unspecified atom stereocenters. The topological polar surface area (TPSA) is 41.3 Å². The molecule has 0 aliphatic heterocycles. The Balaban J connectivity index is 2.06. The van der Waals surface area contributed by atoms with Crippen LogP contribution in [0.3, 0.4) is 0 Å². The van der Waals surface area contributed by atoms with Crippen LogP contribution in [-0.4, -0.2) is 18.6 Å². The van der Waals surface area contributed by atoms with E-state index in [0.29, 0.717) is 11.6 Å². The molecule has 0 amide bonds. The summed E-state index contributed by atoms with van der Waals surface area (Å²) in [4.78, 5) is 6.45. The van der Waals surface area contributed by atoms with E-state index in [-0.39, 0.29) is 0 Å². The van der Waals surface area contributed by atoms with Crippen molar-refractivity contribution in [2.45, 2.75) is 33.4 Å². The maximum Gasteiger partial charge on any atom is 0.129 e. The lowest BCUT2D eigenvalue weighted by molar-refractivity contribution is 0.481. The summed E-state index contributed by atoms with van der Waals surface area (Å²) in [5.74, 6) is 2.74. The van der Waals surface area contributed by atoms with E-state index in [4.69, 9.17) is 16.0 Å². The summed E-state index contributed by atoms with van der Waals surface area (Å²) in [6.07, 6.45) is 2.82. The maximum atomic E-state index is 6.20. The number of hydrogen-bond acceptors (Lipinski definition) is 4. The van der Waals surface area contributed by atoms with Gasteiger partial charge in [0, 0.05) is 19.8 Å². The molecule has 0 aromatic carbocycles. The zero-order valence-electron chi connectivity index (χ0n) is 12.8. The first-order valence-electron chi connectivity index (χ1n) is 7.21. The van der Waals surface area contributed by atoms with Crippen molar-refractivity contribution in [1.82, 2.24) is 10.3 Å². The summed E-state index contributed by atoms with van der Waals surface area (Å²) < 4.78 is 5.60. The van der Waals surface area contributed by atoms with Crippen molar-refractivity contribution in [1.29, 1.82) is 0 Å². The molecule has 114 valence electrons. The van der Waals surface area contributed by atoms with Gasteiger partial charge in [-0.15, -0.1) is 0 Å². The van der Waals surface area contributed by atoms with Crippen LogP contribution in [0.15, 0.2) is 28.8 Å². The summed E-state index contributed by atoms with van der Waals surface area (Å²) in [6, 6.07) is 5.99. The van der Waals surface area contributed by atoms with Crippen LogP contribution in [0.1, 0.15) is 30.4 Å². The second-order valence-electron chi connectivity index (χ2n) is 5.18. The van der Waals surface area contributed by atoms with E-state index in [2.05, 4.69) is 22.1 Å². The van der Waals surface area contributed by atoms with E-state index in [1.54, 1.807) is 6.20 Å². The van der Waals surface area contributed by atoms with Crippen molar-refractivity contribution in [3.8, 4) is 0 Å². The zero-order chi connectivity index (χ0) is 15.2. The largest absolute Gasteiger partial charge is 0.464 e. The Morgan fingerprint density at radius 2 is 2.19 bits per heavy atom. The Morgan fingerprint density at radius 1 is 1.38 bits per heavy atom. The lowest BCUT2D eigenvalue weighted by atomic mass is 10.2. The van der Waals surface area contributed by atoms with Gasteiger partial charge in [0.25, 0.3) is 0 Å². The number of pyridine rings is 1. The Morgan fingerprint density at radius 3 is 2.86 bits per heavy atom. The van der Waals surface area contributed by atoms with Gasteiger partial charge in [0.15, 0.2) is 0 Å². The van der Waals surface area contributed by atoms with Crippen LogP contribution in [0.2, 0.25) is 5.02 Å². The van der Waals surface area contributed by atoms with Crippen LogP contribution in [0.25, 0.3) is 0 Å². The van der Waals surface area contributed by atoms with Gasteiger partial charge >= 0.3 is 0 Å². The second-order valence-corrected chi connectivity index (χ2v) is 5.59. The summed E-state index contributed by atoms with van der Waals surface area (Å²) in [5, 5.41) is 4.06. The molecule has 0 atom stereocenters. The SMILES string of the molecule is CCCNCc1cc(N(C)Cc2ccc(C)o2)ncc1Cl. The van der Waals surface area contributed by atoms with Crippen LogP contribution in [0, 0.1) is 6.92 Å². The first kappa shape index (κ1) is 15.9. The van der Waals surface area contributed by atoms with E-state index in [9.17, 15) is 0 Å². The van der Waals surface area contributed by atoms with Crippen molar-refractivity contribution in [2.75, 3.05) is 18.5 Å². The summed E-state index contributed by atoms with van der Waals surface area (Å²) >= 11 is 6.20. The third-order valence-electron chi connectivity index (χ3n) is 3.24. The van der Waals surface area contributed by atoms with Crippen molar-refractivity contribution in [3.63, 3.8) is 0 Å². The molecule has 5 heteroatoms. The molecular formula is C16H22ClN3O. The molecule has 2 rings (SSSR count). The number of anilines is 1. The van der Waals surface area contributed by atoms with Crippen molar-refractivity contribution in [2.24, 2.45) is 0 Å². The molecule has 0 fully saturated rings. The van der Waals surface area contributed by atoms with E-state index in [0.717, 1.165) is 42.4 Å². The smallest absolute Gasteiger partial charge is 0.129 e. The Bertz CT molecular complexity index is 583. The zero-order valence-corrected chi connectivity index (χ0v) is 13.6. The van der Waals surface area contributed by atoms with Crippen LogP contribution < -0.4 is 10.2 Å². The molecule has 2 aromatic heterocycles. The van der Waals surface area contributed by atoms with Gasteiger partial charge in [-0.3, -0.25) is 0 Å². The van der Waals surface area contributed by atoms with Crippen LogP contribution in [-0.2, 0) is 13.1 Å². The molecule has 2 aromatic rings. The van der Waals surface area contributed by atoms with Gasteiger partial charge in [-0.1, -0.05) is 18.5 Å². The van der Waals surface area contributed by atoms with Gasteiger partial charge < -0.3 is 14.6 Å². The number of furan rings is 1. The monoisotopic (exact) mass is 307 g/mol. The van der Waals surface area contributed by atoms with E-state index in [1.165, 1.54) is 0 Å². The minimum Gasteiger partial charge on any atom is -0.464 e. The lowest BCUT2D eigenvalue weighted by Crippen LogP contribution is -2.19. The van der Waals surface area contributed by atoms with Gasteiger partial charge in [0.1, 0.15) is 17.3 Å². The molecule has 21 heavy (non-hydrogen) atoms. The molecule has 1 N–H and O–H groups in total. The number of hydrogen-bond donors (Lipinski definition) is 1. The third kappa shape index (κ3) is 4.48. The normalized spacial score (nSPS) is 10.9. The molecular weight excluding hydrogens is 286 g/mol. The fourth-order valence-corrected chi connectivity index (χ4v) is 2.27. The maximum absolute atomic E-state index is 6.20.